The largest absolute Gasteiger partial charge is 0.443 e. The van der Waals surface area contributed by atoms with E-state index in [0.717, 1.165) is 23.5 Å². The molecule has 0 atom stereocenters. The molecular weight excluding hydrogens is 178 g/mol. The lowest BCUT2D eigenvalue weighted by Crippen LogP contribution is -2.28. The van der Waals surface area contributed by atoms with E-state index in [0.29, 0.717) is 0 Å². The number of fused-ring (bicyclic) bond motifs is 1. The summed E-state index contributed by atoms with van der Waals surface area (Å²) in [7, 11) is 3.94. The molecule has 1 aromatic heterocycles. The summed E-state index contributed by atoms with van der Waals surface area (Å²) in [4.78, 5) is 6.16. The zero-order valence-electron chi connectivity index (χ0n) is 8.32. The smallest absolute Gasteiger partial charge is 0.181 e. The van der Waals surface area contributed by atoms with Crippen LogP contribution in [0.5, 0.6) is 0 Å². The minimum absolute atomic E-state index is 0.805. The molecular formula is C10H13N3O. The maximum absolute atomic E-state index is 5.23. The number of anilines is 1. The maximum atomic E-state index is 5.23. The Morgan fingerprint density at radius 1 is 1.50 bits per heavy atom. The summed E-state index contributed by atoms with van der Waals surface area (Å²) in [6, 6.07) is 5.97. The second-order valence-corrected chi connectivity index (χ2v) is 3.21. The van der Waals surface area contributed by atoms with Crippen molar-refractivity contribution in [3.8, 4) is 0 Å². The Balaban J connectivity index is 2.33. The van der Waals surface area contributed by atoms with E-state index in [9.17, 15) is 0 Å². The van der Waals surface area contributed by atoms with Gasteiger partial charge in [-0.3, -0.25) is 0 Å². The fraction of sp³-hybridized carbons (Fsp3) is 0.300. The van der Waals surface area contributed by atoms with Crippen LogP contribution in [-0.2, 0) is 0 Å². The average molecular weight is 191 g/mol. The Bertz CT molecular complexity index is 424. The van der Waals surface area contributed by atoms with Gasteiger partial charge in [-0.05, 0) is 19.2 Å². The van der Waals surface area contributed by atoms with Gasteiger partial charge in [-0.1, -0.05) is 0 Å². The van der Waals surface area contributed by atoms with Crippen molar-refractivity contribution in [2.24, 2.45) is 0 Å². The Morgan fingerprint density at radius 2 is 2.36 bits per heavy atom. The van der Waals surface area contributed by atoms with Crippen LogP contribution in [0.2, 0.25) is 0 Å². The summed E-state index contributed by atoms with van der Waals surface area (Å²) in [6.45, 7) is 0.805. The Hall–Kier alpha value is -1.55. The van der Waals surface area contributed by atoms with Crippen LogP contribution < -0.4 is 10.2 Å². The molecule has 0 aliphatic heterocycles. The molecule has 0 fully saturated rings. The standard InChI is InChI=1S/C10H13N3O/c1-11-6-13(2)8-3-4-9-10(5-8)14-7-12-9/h3-5,7,11H,6H2,1-2H3. The van der Waals surface area contributed by atoms with Crippen molar-refractivity contribution in [3.05, 3.63) is 24.6 Å². The molecule has 0 saturated heterocycles. The Morgan fingerprint density at radius 3 is 3.14 bits per heavy atom. The Kier molecular flexibility index (Phi) is 2.37. The Labute approximate surface area is 82.5 Å². The second-order valence-electron chi connectivity index (χ2n) is 3.21. The number of hydrogen-bond acceptors (Lipinski definition) is 4. The third-order valence-electron chi connectivity index (χ3n) is 2.15. The number of nitrogens with one attached hydrogen (secondary N) is 1. The van der Waals surface area contributed by atoms with Gasteiger partial charge in [0.25, 0.3) is 0 Å². The molecule has 14 heavy (non-hydrogen) atoms. The molecule has 0 bridgehead atoms. The highest BCUT2D eigenvalue weighted by Crippen LogP contribution is 2.19. The first-order valence-corrected chi connectivity index (χ1v) is 4.50. The summed E-state index contributed by atoms with van der Waals surface area (Å²) in [5, 5.41) is 3.09. The average Bonchev–Trinajstić information content (AvgIpc) is 2.64. The molecule has 1 aromatic carbocycles. The van der Waals surface area contributed by atoms with Gasteiger partial charge in [0.2, 0.25) is 0 Å². The van der Waals surface area contributed by atoms with Gasteiger partial charge in [0.05, 0.1) is 6.67 Å². The van der Waals surface area contributed by atoms with Crippen LogP contribution in [0.1, 0.15) is 0 Å². The van der Waals surface area contributed by atoms with Crippen molar-refractivity contribution in [3.63, 3.8) is 0 Å². The van der Waals surface area contributed by atoms with Crippen LogP contribution in [0.25, 0.3) is 11.1 Å². The van der Waals surface area contributed by atoms with E-state index in [1.54, 1.807) is 0 Å². The molecule has 0 radical (unpaired) electrons. The normalized spacial score (nSPS) is 10.7. The van der Waals surface area contributed by atoms with E-state index in [-0.39, 0.29) is 0 Å². The molecule has 4 nitrogen and oxygen atoms in total. The number of nitrogens with zero attached hydrogens (tertiary/aromatic N) is 2. The lowest BCUT2D eigenvalue weighted by atomic mass is 10.3. The third kappa shape index (κ3) is 1.56. The van der Waals surface area contributed by atoms with Crippen LogP contribution in [0.15, 0.2) is 29.0 Å². The van der Waals surface area contributed by atoms with Gasteiger partial charge >= 0.3 is 0 Å². The molecule has 0 amide bonds. The molecule has 0 spiro atoms. The van der Waals surface area contributed by atoms with Gasteiger partial charge < -0.3 is 14.6 Å². The molecule has 0 aliphatic carbocycles. The van der Waals surface area contributed by atoms with Crippen LogP contribution in [0.3, 0.4) is 0 Å². The van der Waals surface area contributed by atoms with Crippen LogP contribution in [0.4, 0.5) is 5.69 Å². The molecule has 1 heterocycles. The second kappa shape index (κ2) is 3.67. The zero-order chi connectivity index (χ0) is 9.97. The fourth-order valence-corrected chi connectivity index (χ4v) is 1.41. The van der Waals surface area contributed by atoms with Crippen molar-refractivity contribution in [1.29, 1.82) is 0 Å². The molecule has 0 aliphatic rings. The minimum Gasteiger partial charge on any atom is -0.443 e. The van der Waals surface area contributed by atoms with E-state index in [1.165, 1.54) is 6.39 Å². The summed E-state index contributed by atoms with van der Waals surface area (Å²) in [6.07, 6.45) is 1.46. The highest BCUT2D eigenvalue weighted by atomic mass is 16.3. The molecule has 4 heteroatoms. The van der Waals surface area contributed by atoms with E-state index < -0.39 is 0 Å². The van der Waals surface area contributed by atoms with E-state index in [2.05, 4.69) is 15.2 Å². The molecule has 1 N–H and O–H groups in total. The van der Waals surface area contributed by atoms with Gasteiger partial charge in [0.1, 0.15) is 5.52 Å². The summed E-state index contributed by atoms with van der Waals surface area (Å²) < 4.78 is 5.23. The first-order valence-electron chi connectivity index (χ1n) is 4.50. The number of aromatic nitrogens is 1. The van der Waals surface area contributed by atoms with E-state index >= 15 is 0 Å². The fourth-order valence-electron chi connectivity index (χ4n) is 1.41. The van der Waals surface area contributed by atoms with Crippen molar-refractivity contribution in [1.82, 2.24) is 10.3 Å². The van der Waals surface area contributed by atoms with E-state index in [4.69, 9.17) is 4.42 Å². The highest BCUT2D eigenvalue weighted by molar-refractivity contribution is 5.76. The van der Waals surface area contributed by atoms with E-state index in [1.807, 2.05) is 32.3 Å². The lowest BCUT2D eigenvalue weighted by molar-refractivity contribution is 0.602. The van der Waals surface area contributed by atoms with Gasteiger partial charge in [0.15, 0.2) is 12.0 Å². The van der Waals surface area contributed by atoms with Gasteiger partial charge in [-0.25, -0.2) is 4.98 Å². The van der Waals surface area contributed by atoms with Crippen molar-refractivity contribution in [2.75, 3.05) is 25.7 Å². The zero-order valence-corrected chi connectivity index (χ0v) is 8.32. The maximum Gasteiger partial charge on any atom is 0.181 e. The molecule has 74 valence electrons. The van der Waals surface area contributed by atoms with Crippen molar-refractivity contribution in [2.45, 2.75) is 0 Å². The number of benzene rings is 1. The predicted molar refractivity (Wildman–Crippen MR) is 56.3 cm³/mol. The first kappa shape index (κ1) is 9.02. The molecule has 2 aromatic rings. The van der Waals surface area contributed by atoms with Crippen LogP contribution >= 0.6 is 0 Å². The quantitative estimate of drug-likeness (QED) is 0.745. The minimum atomic E-state index is 0.805. The van der Waals surface area contributed by atoms with Crippen LogP contribution in [0, 0.1) is 0 Å². The van der Waals surface area contributed by atoms with Crippen molar-refractivity contribution >= 4 is 16.8 Å². The summed E-state index contributed by atoms with van der Waals surface area (Å²) in [5.74, 6) is 0. The van der Waals surface area contributed by atoms with Gasteiger partial charge in [-0.15, -0.1) is 0 Å². The lowest BCUT2D eigenvalue weighted by Gasteiger charge is -2.18. The van der Waals surface area contributed by atoms with Crippen LogP contribution in [-0.4, -0.2) is 25.7 Å². The first-order chi connectivity index (χ1) is 6.81. The summed E-state index contributed by atoms with van der Waals surface area (Å²) >= 11 is 0. The molecule has 0 saturated carbocycles. The topological polar surface area (TPSA) is 41.3 Å². The van der Waals surface area contributed by atoms with Gasteiger partial charge in [0, 0.05) is 18.8 Å². The monoisotopic (exact) mass is 191 g/mol. The number of hydrogen-bond donors (Lipinski definition) is 1. The number of oxazole rings is 1. The highest BCUT2D eigenvalue weighted by Gasteiger charge is 2.03. The summed E-state index contributed by atoms with van der Waals surface area (Å²) in [5.41, 5.74) is 2.83. The predicted octanol–water partition coefficient (Wildman–Crippen LogP) is 1.44. The molecule has 0 unspecified atom stereocenters. The number of rotatable bonds is 3. The molecule has 2 rings (SSSR count). The third-order valence-corrected chi connectivity index (χ3v) is 2.15. The SMILES string of the molecule is CNCN(C)c1ccc2ncoc2c1. The van der Waals surface area contributed by atoms with Crippen molar-refractivity contribution < 1.29 is 4.42 Å². The van der Waals surface area contributed by atoms with Gasteiger partial charge in [-0.2, -0.15) is 0 Å².